The van der Waals surface area contributed by atoms with Crippen molar-refractivity contribution in [1.82, 2.24) is 0 Å². The first-order valence-corrected chi connectivity index (χ1v) is 9.00. The van der Waals surface area contributed by atoms with Crippen LogP contribution < -0.4 is 10.1 Å². The lowest BCUT2D eigenvalue weighted by Crippen LogP contribution is -2.14. The summed E-state index contributed by atoms with van der Waals surface area (Å²) in [5, 5.41) is 2.99. The number of anilines is 1. The molecule has 23 heavy (non-hydrogen) atoms. The molecule has 0 aromatic heterocycles. The van der Waals surface area contributed by atoms with E-state index in [1.165, 1.54) is 29.3 Å². The first-order valence-electron chi connectivity index (χ1n) is 8.02. The van der Waals surface area contributed by atoms with Gasteiger partial charge in [0.2, 0.25) is 5.91 Å². The first-order chi connectivity index (χ1) is 11.2. The van der Waals surface area contributed by atoms with Crippen LogP contribution >= 0.6 is 11.8 Å². The van der Waals surface area contributed by atoms with Gasteiger partial charge in [0.05, 0.1) is 12.4 Å². The van der Waals surface area contributed by atoms with Crippen molar-refractivity contribution in [1.29, 1.82) is 0 Å². The fourth-order valence-electron chi connectivity index (χ4n) is 2.79. The lowest BCUT2D eigenvalue weighted by Gasteiger charge is -2.08. The van der Waals surface area contributed by atoms with Crippen molar-refractivity contribution in [2.75, 3.05) is 17.7 Å². The predicted molar refractivity (Wildman–Crippen MR) is 95.4 cm³/mol. The Labute approximate surface area is 141 Å². The SMILES string of the molecule is CCOc1ccc(SCC(=O)Nc2ccc3c(c2)CCC3)cc1. The second-order valence-corrected chi connectivity index (χ2v) is 6.63. The van der Waals surface area contributed by atoms with Crippen LogP contribution in [-0.2, 0) is 17.6 Å². The number of hydrogen-bond donors (Lipinski definition) is 1. The maximum Gasteiger partial charge on any atom is 0.234 e. The Bertz CT molecular complexity index is 682. The molecule has 0 atom stereocenters. The molecule has 0 unspecified atom stereocenters. The number of carbonyl (C=O) groups excluding carboxylic acids is 1. The van der Waals surface area contributed by atoms with Gasteiger partial charge in [-0.05, 0) is 73.7 Å². The van der Waals surface area contributed by atoms with E-state index in [-0.39, 0.29) is 5.91 Å². The molecule has 1 amide bonds. The Morgan fingerprint density at radius 2 is 1.91 bits per heavy atom. The zero-order valence-electron chi connectivity index (χ0n) is 13.3. The second kappa shape index (κ2) is 7.55. The summed E-state index contributed by atoms with van der Waals surface area (Å²) in [6, 6.07) is 14.1. The lowest BCUT2D eigenvalue weighted by molar-refractivity contribution is -0.113. The molecule has 1 N–H and O–H groups in total. The topological polar surface area (TPSA) is 38.3 Å². The van der Waals surface area contributed by atoms with E-state index in [0.717, 1.165) is 29.2 Å². The number of carbonyl (C=O) groups is 1. The fraction of sp³-hybridized carbons (Fsp3) is 0.316. The fourth-order valence-corrected chi connectivity index (χ4v) is 3.49. The Hall–Kier alpha value is -1.94. The largest absolute Gasteiger partial charge is 0.494 e. The molecule has 0 saturated carbocycles. The monoisotopic (exact) mass is 327 g/mol. The van der Waals surface area contributed by atoms with Crippen molar-refractivity contribution in [3.05, 3.63) is 53.6 Å². The van der Waals surface area contributed by atoms with Crippen LogP contribution in [0.1, 0.15) is 24.5 Å². The lowest BCUT2D eigenvalue weighted by atomic mass is 10.1. The van der Waals surface area contributed by atoms with Crippen molar-refractivity contribution in [2.45, 2.75) is 31.1 Å². The highest BCUT2D eigenvalue weighted by molar-refractivity contribution is 8.00. The standard InChI is InChI=1S/C19H21NO2S/c1-2-22-17-8-10-18(11-9-17)23-13-19(21)20-16-7-6-14-4-3-5-15(14)12-16/h6-12H,2-5,13H2,1H3,(H,20,21). The van der Waals surface area contributed by atoms with Gasteiger partial charge in [-0.1, -0.05) is 6.07 Å². The van der Waals surface area contributed by atoms with Gasteiger partial charge in [-0.3, -0.25) is 4.79 Å². The summed E-state index contributed by atoms with van der Waals surface area (Å²) < 4.78 is 5.41. The Balaban J connectivity index is 1.51. The Morgan fingerprint density at radius 3 is 2.70 bits per heavy atom. The molecule has 0 fully saturated rings. The molecule has 0 aliphatic heterocycles. The van der Waals surface area contributed by atoms with Gasteiger partial charge in [0, 0.05) is 10.6 Å². The summed E-state index contributed by atoms with van der Waals surface area (Å²) in [6.45, 7) is 2.63. The molecule has 3 rings (SSSR count). The minimum atomic E-state index is 0.0295. The van der Waals surface area contributed by atoms with Gasteiger partial charge in [0.15, 0.2) is 0 Å². The summed E-state index contributed by atoms with van der Waals surface area (Å²) in [5.74, 6) is 1.30. The second-order valence-electron chi connectivity index (χ2n) is 5.58. The first kappa shape index (κ1) is 15.9. The molecule has 2 aromatic rings. The number of hydrogen-bond acceptors (Lipinski definition) is 3. The number of rotatable bonds is 6. The van der Waals surface area contributed by atoms with Crippen molar-refractivity contribution < 1.29 is 9.53 Å². The van der Waals surface area contributed by atoms with E-state index in [4.69, 9.17) is 4.74 Å². The maximum atomic E-state index is 12.1. The number of thioether (sulfide) groups is 1. The molecule has 0 spiro atoms. The number of ether oxygens (including phenoxy) is 1. The molecule has 1 aliphatic carbocycles. The van der Waals surface area contributed by atoms with E-state index in [0.29, 0.717) is 12.4 Å². The van der Waals surface area contributed by atoms with Crippen molar-refractivity contribution in [3.63, 3.8) is 0 Å². The molecule has 0 saturated heterocycles. The molecule has 2 aromatic carbocycles. The zero-order chi connectivity index (χ0) is 16.1. The van der Waals surface area contributed by atoms with Crippen LogP contribution in [0.5, 0.6) is 5.75 Å². The van der Waals surface area contributed by atoms with Gasteiger partial charge in [-0.25, -0.2) is 0 Å². The molecular weight excluding hydrogens is 306 g/mol. The van der Waals surface area contributed by atoms with E-state index >= 15 is 0 Å². The number of nitrogens with one attached hydrogen (secondary N) is 1. The highest BCUT2D eigenvalue weighted by Gasteiger charge is 2.12. The highest BCUT2D eigenvalue weighted by atomic mass is 32.2. The minimum Gasteiger partial charge on any atom is -0.494 e. The third-order valence-corrected chi connectivity index (χ3v) is 4.90. The van der Waals surface area contributed by atoms with Crippen LogP contribution in [0.3, 0.4) is 0 Å². The summed E-state index contributed by atoms with van der Waals surface area (Å²) in [6.07, 6.45) is 3.51. The van der Waals surface area contributed by atoms with Crippen LogP contribution in [0, 0.1) is 0 Å². The molecular formula is C19H21NO2S. The van der Waals surface area contributed by atoms with Crippen molar-refractivity contribution in [3.8, 4) is 5.75 Å². The summed E-state index contributed by atoms with van der Waals surface area (Å²) >= 11 is 1.53. The molecule has 1 aliphatic rings. The smallest absolute Gasteiger partial charge is 0.234 e. The molecule has 0 heterocycles. The van der Waals surface area contributed by atoms with Crippen molar-refractivity contribution >= 4 is 23.4 Å². The zero-order valence-corrected chi connectivity index (χ0v) is 14.1. The Kier molecular flexibility index (Phi) is 5.23. The third-order valence-electron chi connectivity index (χ3n) is 3.89. The minimum absolute atomic E-state index is 0.0295. The van der Waals surface area contributed by atoms with E-state index in [1.807, 2.05) is 37.3 Å². The molecule has 120 valence electrons. The van der Waals surface area contributed by atoms with Gasteiger partial charge < -0.3 is 10.1 Å². The van der Waals surface area contributed by atoms with Crippen LogP contribution in [0.4, 0.5) is 5.69 Å². The van der Waals surface area contributed by atoms with E-state index in [9.17, 15) is 4.79 Å². The molecule has 4 heteroatoms. The van der Waals surface area contributed by atoms with Crippen molar-refractivity contribution in [2.24, 2.45) is 0 Å². The number of amides is 1. The molecule has 3 nitrogen and oxygen atoms in total. The van der Waals surface area contributed by atoms with Crippen LogP contribution in [0.2, 0.25) is 0 Å². The number of benzene rings is 2. The summed E-state index contributed by atoms with van der Waals surface area (Å²) in [5.41, 5.74) is 3.71. The predicted octanol–water partition coefficient (Wildman–Crippen LogP) is 4.30. The average Bonchev–Trinajstić information content (AvgIpc) is 3.02. The van der Waals surface area contributed by atoms with Crippen LogP contribution in [-0.4, -0.2) is 18.3 Å². The number of aryl methyl sites for hydroxylation is 2. The van der Waals surface area contributed by atoms with Gasteiger partial charge in [0.1, 0.15) is 5.75 Å². The average molecular weight is 327 g/mol. The molecule has 0 bridgehead atoms. The van der Waals surface area contributed by atoms with E-state index < -0.39 is 0 Å². The molecule has 0 radical (unpaired) electrons. The van der Waals surface area contributed by atoms with E-state index in [2.05, 4.69) is 17.4 Å². The van der Waals surface area contributed by atoms with Crippen LogP contribution in [0.15, 0.2) is 47.4 Å². The van der Waals surface area contributed by atoms with Crippen LogP contribution in [0.25, 0.3) is 0 Å². The highest BCUT2D eigenvalue weighted by Crippen LogP contribution is 2.25. The van der Waals surface area contributed by atoms with Gasteiger partial charge in [-0.2, -0.15) is 0 Å². The van der Waals surface area contributed by atoms with Gasteiger partial charge in [0.25, 0.3) is 0 Å². The quantitative estimate of drug-likeness (QED) is 0.804. The summed E-state index contributed by atoms with van der Waals surface area (Å²) in [7, 11) is 0. The third kappa shape index (κ3) is 4.29. The van der Waals surface area contributed by atoms with Gasteiger partial charge >= 0.3 is 0 Å². The summed E-state index contributed by atoms with van der Waals surface area (Å²) in [4.78, 5) is 13.2. The van der Waals surface area contributed by atoms with Gasteiger partial charge in [-0.15, -0.1) is 11.8 Å². The number of fused-ring (bicyclic) bond motifs is 1. The van der Waals surface area contributed by atoms with E-state index in [1.54, 1.807) is 0 Å². The normalized spacial score (nSPS) is 12.7. The Morgan fingerprint density at radius 1 is 1.13 bits per heavy atom. The maximum absolute atomic E-state index is 12.1.